The topological polar surface area (TPSA) is 42.5 Å². The number of pyridine rings is 1. The second kappa shape index (κ2) is 8.55. The lowest BCUT2D eigenvalue weighted by Gasteiger charge is -2.07. The zero-order chi connectivity index (χ0) is 21.1. The van der Waals surface area contributed by atoms with Gasteiger partial charge in [0.05, 0.1) is 17.1 Å². The molecule has 4 aromatic rings. The molecule has 4 rings (SSSR count). The monoisotopic (exact) mass is 416 g/mol. The molecule has 0 aliphatic rings. The molecule has 0 N–H and O–H groups in total. The molecule has 2 aromatic carbocycles. The van der Waals surface area contributed by atoms with Gasteiger partial charge in [0, 0.05) is 28.9 Å². The van der Waals surface area contributed by atoms with Crippen molar-refractivity contribution in [2.24, 2.45) is 10.1 Å². The third-order valence-corrected chi connectivity index (χ3v) is 5.57. The van der Waals surface area contributed by atoms with Gasteiger partial charge in [-0.05, 0) is 74.4 Å². The number of aryl methyl sites for hydroxylation is 2. The summed E-state index contributed by atoms with van der Waals surface area (Å²) in [4.78, 5) is 9.72. The van der Waals surface area contributed by atoms with Crippen LogP contribution >= 0.6 is 11.3 Å². The molecule has 0 atom stereocenters. The number of thiazole rings is 1. The van der Waals surface area contributed by atoms with Crippen molar-refractivity contribution in [2.75, 3.05) is 0 Å². The summed E-state index contributed by atoms with van der Waals surface area (Å²) in [7, 11) is 0. The van der Waals surface area contributed by atoms with Gasteiger partial charge < -0.3 is 0 Å². The molecule has 0 amide bonds. The van der Waals surface area contributed by atoms with Gasteiger partial charge >= 0.3 is 0 Å². The summed E-state index contributed by atoms with van der Waals surface area (Å²) in [5.41, 5.74) is 6.70. The molecule has 0 bridgehead atoms. The Bertz CT molecular complexity index is 1270. The van der Waals surface area contributed by atoms with E-state index in [1.54, 1.807) is 24.5 Å². The van der Waals surface area contributed by atoms with E-state index in [0.717, 1.165) is 44.1 Å². The molecule has 6 heteroatoms. The first-order valence-corrected chi connectivity index (χ1v) is 10.4. The largest absolute Gasteiger partial charge is 0.265 e. The predicted octanol–water partition coefficient (Wildman–Crippen LogP) is 5.87. The van der Waals surface area contributed by atoms with Crippen LogP contribution in [0.5, 0.6) is 0 Å². The third kappa shape index (κ3) is 4.28. The molecule has 0 unspecified atom stereocenters. The summed E-state index contributed by atoms with van der Waals surface area (Å²) >= 11 is 1.50. The Morgan fingerprint density at radius 2 is 1.73 bits per heavy atom. The first-order valence-electron chi connectivity index (χ1n) is 9.56. The van der Waals surface area contributed by atoms with Crippen LogP contribution in [0.15, 0.2) is 82.5 Å². The molecule has 0 aliphatic carbocycles. The normalized spacial score (nSPS) is 12.4. The minimum Gasteiger partial charge on any atom is -0.265 e. The SMILES string of the molecule is CC(=Nn1c(-c2ccc(F)cc2)csc1=Nc1cc(C)ccc1C)c1ccncc1. The van der Waals surface area contributed by atoms with Gasteiger partial charge in [0.15, 0.2) is 0 Å². The summed E-state index contributed by atoms with van der Waals surface area (Å²) < 4.78 is 15.3. The molecule has 150 valence electrons. The molecular formula is C24H21FN4S. The van der Waals surface area contributed by atoms with Gasteiger partial charge in [0.1, 0.15) is 5.82 Å². The Balaban J connectivity index is 1.92. The van der Waals surface area contributed by atoms with Gasteiger partial charge in [-0.25, -0.2) is 14.1 Å². The highest BCUT2D eigenvalue weighted by Crippen LogP contribution is 2.23. The quantitative estimate of drug-likeness (QED) is 0.384. The highest BCUT2D eigenvalue weighted by Gasteiger charge is 2.10. The first-order chi connectivity index (χ1) is 14.5. The maximum atomic E-state index is 13.5. The number of halogens is 1. The van der Waals surface area contributed by atoms with Crippen LogP contribution in [-0.4, -0.2) is 15.4 Å². The number of aromatic nitrogens is 2. The summed E-state index contributed by atoms with van der Waals surface area (Å²) in [6, 6.07) is 16.5. The Morgan fingerprint density at radius 1 is 1.00 bits per heavy atom. The van der Waals surface area contributed by atoms with E-state index in [1.807, 2.05) is 36.0 Å². The van der Waals surface area contributed by atoms with E-state index in [2.05, 4.69) is 30.1 Å². The van der Waals surface area contributed by atoms with Crippen LogP contribution < -0.4 is 4.80 Å². The Hall–Kier alpha value is -3.38. The fraction of sp³-hybridized carbons (Fsp3) is 0.125. The van der Waals surface area contributed by atoms with Gasteiger partial charge in [0.2, 0.25) is 4.80 Å². The van der Waals surface area contributed by atoms with Crippen molar-refractivity contribution < 1.29 is 4.39 Å². The van der Waals surface area contributed by atoms with Crippen LogP contribution in [0.2, 0.25) is 0 Å². The van der Waals surface area contributed by atoms with Crippen molar-refractivity contribution in [1.82, 2.24) is 9.66 Å². The fourth-order valence-electron chi connectivity index (χ4n) is 3.04. The number of benzene rings is 2. The van der Waals surface area contributed by atoms with Crippen LogP contribution in [0.3, 0.4) is 0 Å². The minimum absolute atomic E-state index is 0.266. The second-order valence-electron chi connectivity index (χ2n) is 7.05. The van der Waals surface area contributed by atoms with E-state index in [1.165, 1.54) is 23.5 Å². The fourth-order valence-corrected chi connectivity index (χ4v) is 3.88. The van der Waals surface area contributed by atoms with Crippen molar-refractivity contribution in [3.63, 3.8) is 0 Å². The summed E-state index contributed by atoms with van der Waals surface area (Å²) in [6.45, 7) is 6.05. The Kier molecular flexibility index (Phi) is 5.68. The van der Waals surface area contributed by atoms with E-state index < -0.39 is 0 Å². The van der Waals surface area contributed by atoms with E-state index in [-0.39, 0.29) is 5.82 Å². The molecule has 30 heavy (non-hydrogen) atoms. The van der Waals surface area contributed by atoms with E-state index >= 15 is 0 Å². The van der Waals surface area contributed by atoms with Crippen molar-refractivity contribution in [1.29, 1.82) is 0 Å². The van der Waals surface area contributed by atoms with Crippen molar-refractivity contribution >= 4 is 22.7 Å². The Morgan fingerprint density at radius 3 is 2.47 bits per heavy atom. The summed E-state index contributed by atoms with van der Waals surface area (Å²) in [6.07, 6.45) is 3.49. The molecule has 0 saturated heterocycles. The highest BCUT2D eigenvalue weighted by atomic mass is 32.1. The molecule has 4 nitrogen and oxygen atoms in total. The van der Waals surface area contributed by atoms with E-state index in [4.69, 9.17) is 10.1 Å². The minimum atomic E-state index is -0.266. The van der Waals surface area contributed by atoms with Gasteiger partial charge in [0.25, 0.3) is 0 Å². The van der Waals surface area contributed by atoms with Gasteiger partial charge in [-0.2, -0.15) is 5.10 Å². The standard InChI is InChI=1S/C24H21FN4S/c1-16-4-5-17(2)22(14-16)27-24-29(28-18(3)19-10-12-26-13-11-19)23(15-30-24)20-6-8-21(25)9-7-20/h4-15H,1-3H3. The lowest BCUT2D eigenvalue weighted by Crippen LogP contribution is -2.14. The van der Waals surface area contributed by atoms with Crippen LogP contribution in [0.1, 0.15) is 23.6 Å². The van der Waals surface area contributed by atoms with Crippen LogP contribution in [-0.2, 0) is 0 Å². The molecule has 0 saturated carbocycles. The van der Waals surface area contributed by atoms with Gasteiger partial charge in [-0.1, -0.05) is 12.1 Å². The maximum absolute atomic E-state index is 13.5. The van der Waals surface area contributed by atoms with Crippen molar-refractivity contribution in [3.8, 4) is 11.3 Å². The van der Waals surface area contributed by atoms with Gasteiger partial charge in [-0.3, -0.25) is 4.98 Å². The molecule has 2 heterocycles. The second-order valence-corrected chi connectivity index (χ2v) is 7.88. The van der Waals surface area contributed by atoms with Crippen LogP contribution in [0.25, 0.3) is 11.3 Å². The predicted molar refractivity (Wildman–Crippen MR) is 121 cm³/mol. The zero-order valence-corrected chi connectivity index (χ0v) is 17.8. The molecule has 2 aromatic heterocycles. The van der Waals surface area contributed by atoms with Crippen molar-refractivity contribution in [3.05, 3.63) is 99.7 Å². The number of hydrogen-bond donors (Lipinski definition) is 0. The molecule has 0 fully saturated rings. The lowest BCUT2D eigenvalue weighted by molar-refractivity contribution is 0.628. The molecule has 0 spiro atoms. The summed E-state index contributed by atoms with van der Waals surface area (Å²) in [5.74, 6) is -0.266. The van der Waals surface area contributed by atoms with Crippen LogP contribution in [0, 0.1) is 19.7 Å². The lowest BCUT2D eigenvalue weighted by atomic mass is 10.1. The first kappa shape index (κ1) is 19.9. The number of hydrogen-bond acceptors (Lipinski definition) is 4. The Labute approximate surface area is 178 Å². The smallest absolute Gasteiger partial charge is 0.211 e. The number of rotatable bonds is 4. The van der Waals surface area contributed by atoms with Gasteiger partial charge in [-0.15, -0.1) is 11.3 Å². The maximum Gasteiger partial charge on any atom is 0.211 e. The average Bonchev–Trinajstić information content (AvgIpc) is 3.14. The number of nitrogens with zero attached hydrogens (tertiary/aromatic N) is 4. The van der Waals surface area contributed by atoms with E-state index in [0.29, 0.717) is 0 Å². The van der Waals surface area contributed by atoms with Crippen LogP contribution in [0.4, 0.5) is 10.1 Å². The molecule has 0 aliphatic heterocycles. The average molecular weight is 417 g/mol. The zero-order valence-electron chi connectivity index (χ0n) is 17.0. The molecular weight excluding hydrogens is 395 g/mol. The van der Waals surface area contributed by atoms with E-state index in [9.17, 15) is 4.39 Å². The highest BCUT2D eigenvalue weighted by molar-refractivity contribution is 7.07. The van der Waals surface area contributed by atoms with Crippen molar-refractivity contribution in [2.45, 2.75) is 20.8 Å². The molecule has 0 radical (unpaired) electrons. The summed E-state index contributed by atoms with van der Waals surface area (Å²) in [5, 5.41) is 6.87. The third-order valence-electron chi connectivity index (χ3n) is 4.75.